The predicted octanol–water partition coefficient (Wildman–Crippen LogP) is 4.78. The van der Waals surface area contributed by atoms with E-state index in [-0.39, 0.29) is 0 Å². The molecule has 22 heavy (non-hydrogen) atoms. The van der Waals surface area contributed by atoms with E-state index in [1.807, 2.05) is 41.0 Å². The fourth-order valence-electron chi connectivity index (χ4n) is 2.19. The van der Waals surface area contributed by atoms with E-state index in [0.29, 0.717) is 5.02 Å². The van der Waals surface area contributed by atoms with Gasteiger partial charge in [-0.05, 0) is 17.5 Å². The Morgan fingerprint density at radius 1 is 1.18 bits per heavy atom. The zero-order chi connectivity index (χ0) is 14.9. The van der Waals surface area contributed by atoms with Crippen molar-refractivity contribution >= 4 is 44.4 Å². The largest absolute Gasteiger partial charge is 0.355 e. The lowest BCUT2D eigenvalue weighted by Gasteiger charge is -2.01. The number of anilines is 1. The lowest BCUT2D eigenvalue weighted by Crippen LogP contribution is -1.98. The Morgan fingerprint density at radius 3 is 2.91 bits per heavy atom. The molecule has 3 aromatic heterocycles. The van der Waals surface area contributed by atoms with Gasteiger partial charge in [0.2, 0.25) is 10.1 Å². The average molecular weight is 347 g/mol. The minimum absolute atomic E-state index is 0.699. The molecular weight excluding hydrogens is 336 g/mol. The summed E-state index contributed by atoms with van der Waals surface area (Å²) in [5, 5.41) is 11.6. The molecule has 1 aromatic carbocycles. The zero-order valence-electron chi connectivity index (χ0n) is 11.4. The van der Waals surface area contributed by atoms with Gasteiger partial charge in [0.25, 0.3) is 0 Å². The molecule has 0 aliphatic rings. The number of fused-ring (bicyclic) bond motifs is 1. The Hall–Kier alpha value is -1.89. The lowest BCUT2D eigenvalue weighted by molar-refractivity contribution is 0.970. The van der Waals surface area contributed by atoms with Crippen LogP contribution in [0, 0.1) is 0 Å². The van der Waals surface area contributed by atoms with E-state index in [1.165, 1.54) is 16.2 Å². The first-order valence-electron chi connectivity index (χ1n) is 6.67. The summed E-state index contributed by atoms with van der Waals surface area (Å²) in [6.07, 6.45) is 1.81. The summed E-state index contributed by atoms with van der Waals surface area (Å²) in [5.74, 6) is 0. The summed E-state index contributed by atoms with van der Waals surface area (Å²) >= 11 is 9.53. The van der Waals surface area contributed by atoms with E-state index in [2.05, 4.69) is 26.8 Å². The molecule has 0 bridgehead atoms. The van der Waals surface area contributed by atoms with E-state index in [0.717, 1.165) is 27.9 Å². The summed E-state index contributed by atoms with van der Waals surface area (Å²) < 4.78 is 1.84. The Bertz CT molecular complexity index is 911. The molecule has 0 spiro atoms. The third-order valence-corrected chi connectivity index (χ3v) is 5.32. The highest BCUT2D eigenvalue weighted by molar-refractivity contribution is 7.20. The monoisotopic (exact) mass is 346 g/mol. The second-order valence-electron chi connectivity index (χ2n) is 4.66. The first-order valence-corrected chi connectivity index (χ1v) is 8.74. The van der Waals surface area contributed by atoms with Gasteiger partial charge in [0.05, 0.1) is 23.5 Å². The molecule has 7 heteroatoms. The van der Waals surface area contributed by atoms with Crippen LogP contribution < -0.4 is 5.32 Å². The van der Waals surface area contributed by atoms with Gasteiger partial charge in [-0.3, -0.25) is 0 Å². The minimum atomic E-state index is 0.699. The standard InChI is InChI=1S/C15H11ClN4S2/c16-12-6-2-1-5-11(12)13-9-18-15-20(13)19-14(22-15)17-8-10-4-3-7-21-10/h1-7,9H,8H2,(H,17,19). The number of imidazole rings is 1. The molecule has 0 saturated heterocycles. The van der Waals surface area contributed by atoms with Crippen molar-refractivity contribution in [2.24, 2.45) is 0 Å². The zero-order valence-corrected chi connectivity index (χ0v) is 13.8. The van der Waals surface area contributed by atoms with Gasteiger partial charge in [-0.2, -0.15) is 0 Å². The number of rotatable bonds is 4. The second-order valence-corrected chi connectivity index (χ2v) is 7.05. The number of aromatic nitrogens is 3. The van der Waals surface area contributed by atoms with Gasteiger partial charge < -0.3 is 5.32 Å². The van der Waals surface area contributed by atoms with Crippen molar-refractivity contribution in [3.05, 3.63) is 57.9 Å². The Balaban J connectivity index is 1.66. The summed E-state index contributed by atoms with van der Waals surface area (Å²) in [7, 11) is 0. The molecule has 0 radical (unpaired) electrons. The van der Waals surface area contributed by atoms with Crippen LogP contribution in [0.2, 0.25) is 5.02 Å². The fourth-order valence-corrected chi connectivity index (χ4v) is 3.84. The van der Waals surface area contributed by atoms with E-state index < -0.39 is 0 Å². The van der Waals surface area contributed by atoms with Gasteiger partial charge in [-0.25, -0.2) is 9.50 Å². The van der Waals surface area contributed by atoms with E-state index in [9.17, 15) is 0 Å². The van der Waals surface area contributed by atoms with Crippen LogP contribution in [0.3, 0.4) is 0 Å². The number of thiophene rings is 1. The van der Waals surface area contributed by atoms with Crippen molar-refractivity contribution in [2.45, 2.75) is 6.54 Å². The molecule has 0 aliphatic carbocycles. The molecule has 0 saturated carbocycles. The van der Waals surface area contributed by atoms with E-state index in [4.69, 9.17) is 11.6 Å². The molecule has 0 atom stereocenters. The number of nitrogens with zero attached hydrogens (tertiary/aromatic N) is 3. The van der Waals surface area contributed by atoms with Crippen LogP contribution in [0.25, 0.3) is 16.2 Å². The molecule has 0 aliphatic heterocycles. The van der Waals surface area contributed by atoms with Gasteiger partial charge in [0.15, 0.2) is 0 Å². The fraction of sp³-hybridized carbons (Fsp3) is 0.0667. The van der Waals surface area contributed by atoms with Crippen molar-refractivity contribution in [3.63, 3.8) is 0 Å². The molecule has 1 N–H and O–H groups in total. The SMILES string of the molecule is Clc1ccccc1-c1cnc2sc(NCc3cccs3)nn12. The molecule has 110 valence electrons. The molecule has 4 nitrogen and oxygen atoms in total. The maximum Gasteiger partial charge on any atom is 0.214 e. The lowest BCUT2D eigenvalue weighted by atomic mass is 10.2. The van der Waals surface area contributed by atoms with Crippen LogP contribution in [0.15, 0.2) is 48.0 Å². The highest BCUT2D eigenvalue weighted by Gasteiger charge is 2.13. The third-order valence-electron chi connectivity index (χ3n) is 3.23. The number of benzene rings is 1. The summed E-state index contributed by atoms with van der Waals surface area (Å²) in [4.78, 5) is 6.55. The molecule has 3 heterocycles. The van der Waals surface area contributed by atoms with Gasteiger partial charge in [0.1, 0.15) is 0 Å². The van der Waals surface area contributed by atoms with Crippen molar-refractivity contribution in [1.82, 2.24) is 14.6 Å². The Labute approximate surface area is 140 Å². The number of hydrogen-bond donors (Lipinski definition) is 1. The van der Waals surface area contributed by atoms with Gasteiger partial charge in [-0.15, -0.1) is 16.4 Å². The van der Waals surface area contributed by atoms with Crippen LogP contribution in [0.5, 0.6) is 0 Å². The highest BCUT2D eigenvalue weighted by atomic mass is 35.5. The van der Waals surface area contributed by atoms with E-state index >= 15 is 0 Å². The van der Waals surface area contributed by atoms with Gasteiger partial charge in [0, 0.05) is 10.4 Å². The van der Waals surface area contributed by atoms with Crippen LogP contribution in [-0.2, 0) is 6.54 Å². The van der Waals surface area contributed by atoms with Gasteiger partial charge in [-0.1, -0.05) is 47.2 Å². The molecule has 4 rings (SSSR count). The normalized spacial score (nSPS) is 11.1. The average Bonchev–Trinajstić information content (AvgIpc) is 3.23. The summed E-state index contributed by atoms with van der Waals surface area (Å²) in [5.41, 5.74) is 1.84. The van der Waals surface area contributed by atoms with Crippen molar-refractivity contribution in [3.8, 4) is 11.3 Å². The van der Waals surface area contributed by atoms with Crippen LogP contribution in [0.4, 0.5) is 5.13 Å². The predicted molar refractivity (Wildman–Crippen MR) is 93.0 cm³/mol. The smallest absolute Gasteiger partial charge is 0.214 e. The van der Waals surface area contributed by atoms with Crippen molar-refractivity contribution in [1.29, 1.82) is 0 Å². The van der Waals surface area contributed by atoms with Crippen LogP contribution >= 0.6 is 34.3 Å². The maximum atomic E-state index is 6.27. The maximum absolute atomic E-state index is 6.27. The third kappa shape index (κ3) is 2.49. The van der Waals surface area contributed by atoms with Crippen molar-refractivity contribution < 1.29 is 0 Å². The van der Waals surface area contributed by atoms with E-state index in [1.54, 1.807) is 11.3 Å². The minimum Gasteiger partial charge on any atom is -0.355 e. The molecule has 4 aromatic rings. The molecular formula is C15H11ClN4S2. The molecule has 0 fully saturated rings. The van der Waals surface area contributed by atoms with Gasteiger partial charge >= 0.3 is 0 Å². The van der Waals surface area contributed by atoms with Crippen molar-refractivity contribution in [2.75, 3.05) is 5.32 Å². The molecule has 0 unspecified atom stereocenters. The number of hydrogen-bond acceptors (Lipinski definition) is 5. The number of nitrogens with one attached hydrogen (secondary N) is 1. The summed E-state index contributed by atoms with van der Waals surface area (Å²) in [6, 6.07) is 11.9. The summed E-state index contributed by atoms with van der Waals surface area (Å²) in [6.45, 7) is 0.774. The molecule has 0 amide bonds. The quantitative estimate of drug-likeness (QED) is 0.578. The van der Waals surface area contributed by atoms with Crippen LogP contribution in [-0.4, -0.2) is 14.6 Å². The Kier molecular flexibility index (Phi) is 3.57. The highest BCUT2D eigenvalue weighted by Crippen LogP contribution is 2.30. The van der Waals surface area contributed by atoms with Crippen LogP contribution in [0.1, 0.15) is 4.88 Å². The first kappa shape index (κ1) is 13.8. The topological polar surface area (TPSA) is 42.2 Å². The number of halogens is 1. The second kappa shape index (κ2) is 5.72. The first-order chi connectivity index (χ1) is 10.8. The Morgan fingerprint density at radius 2 is 2.09 bits per heavy atom.